The third-order valence-electron chi connectivity index (χ3n) is 4.17. The van der Waals surface area contributed by atoms with E-state index in [4.69, 9.17) is 24.1 Å². The molecule has 0 amide bonds. The van der Waals surface area contributed by atoms with Gasteiger partial charge in [0.05, 0.1) is 13.2 Å². The van der Waals surface area contributed by atoms with Gasteiger partial charge >= 0.3 is 0 Å². The lowest BCUT2D eigenvalue weighted by atomic mass is 9.98. The van der Waals surface area contributed by atoms with E-state index in [1.807, 2.05) is 0 Å². The van der Waals surface area contributed by atoms with E-state index in [0.717, 1.165) is 0 Å². The first-order valence-electron chi connectivity index (χ1n) is 7.46. The number of methoxy groups -OCH3 is 1. The van der Waals surface area contributed by atoms with Gasteiger partial charge < -0.3 is 54.7 Å². The molecule has 0 aromatic heterocycles. The van der Waals surface area contributed by atoms with E-state index in [2.05, 4.69) is 0 Å². The normalized spacial score (nSPS) is 50.0. The van der Waals surface area contributed by atoms with Gasteiger partial charge in [0.2, 0.25) is 0 Å². The van der Waals surface area contributed by atoms with Crippen LogP contribution in [0.4, 0.5) is 0 Å². The largest absolute Gasteiger partial charge is 0.394 e. The van der Waals surface area contributed by atoms with Gasteiger partial charge in [-0.05, 0) is 0 Å². The number of rotatable bonds is 5. The first kappa shape index (κ1) is 19.9. The Balaban J connectivity index is 1.96. The Morgan fingerprint density at radius 3 is 1.75 bits per heavy atom. The highest BCUT2D eigenvalue weighted by molar-refractivity contribution is 4.91. The molecule has 0 aromatic rings. The zero-order valence-electron chi connectivity index (χ0n) is 13.0. The Hall–Kier alpha value is -0.440. The molecule has 0 aromatic carbocycles. The summed E-state index contributed by atoms with van der Waals surface area (Å²) in [6.07, 6.45) is -14.0. The summed E-state index contributed by atoms with van der Waals surface area (Å²) in [5, 5.41) is 67.6. The molecule has 0 aliphatic carbocycles. The quantitative estimate of drug-likeness (QED) is 0.251. The van der Waals surface area contributed by atoms with Crippen molar-refractivity contribution in [1.82, 2.24) is 0 Å². The average Bonchev–Trinajstić information content (AvgIpc) is 2.58. The fourth-order valence-electron chi connectivity index (χ4n) is 2.64. The Morgan fingerprint density at radius 2 is 1.21 bits per heavy atom. The van der Waals surface area contributed by atoms with Crippen molar-refractivity contribution in [2.24, 2.45) is 0 Å². The number of aliphatic hydroxyl groups excluding tert-OH is 7. The number of ether oxygens (including phenoxy) is 4. The minimum atomic E-state index is -1.60. The van der Waals surface area contributed by atoms with Crippen molar-refractivity contribution < 1.29 is 54.7 Å². The van der Waals surface area contributed by atoms with Crippen LogP contribution in [0.3, 0.4) is 0 Å². The van der Waals surface area contributed by atoms with E-state index in [1.54, 1.807) is 0 Å². The summed E-state index contributed by atoms with van der Waals surface area (Å²) in [5.74, 6) is 0. The van der Waals surface area contributed by atoms with Gasteiger partial charge in [-0.15, -0.1) is 0 Å². The van der Waals surface area contributed by atoms with Crippen LogP contribution in [0, 0.1) is 0 Å². The fourth-order valence-corrected chi connectivity index (χ4v) is 2.64. The summed E-state index contributed by atoms with van der Waals surface area (Å²) >= 11 is 0. The third kappa shape index (κ3) is 3.86. The van der Waals surface area contributed by atoms with E-state index >= 15 is 0 Å². The molecular weight excluding hydrogens is 332 g/mol. The Kier molecular flexibility index (Phi) is 6.87. The van der Waals surface area contributed by atoms with Crippen LogP contribution in [0.15, 0.2) is 0 Å². The van der Waals surface area contributed by atoms with E-state index < -0.39 is 68.0 Å². The molecule has 2 fully saturated rings. The molecule has 0 unspecified atom stereocenters. The van der Waals surface area contributed by atoms with Crippen molar-refractivity contribution in [2.75, 3.05) is 20.3 Å². The molecular formula is C13H24O11. The van der Waals surface area contributed by atoms with Gasteiger partial charge in [0.25, 0.3) is 0 Å². The van der Waals surface area contributed by atoms with Crippen LogP contribution in [-0.4, -0.2) is 117 Å². The van der Waals surface area contributed by atoms with Gasteiger partial charge in [-0.3, -0.25) is 0 Å². The number of hydrogen-bond acceptors (Lipinski definition) is 11. The van der Waals surface area contributed by atoms with Gasteiger partial charge in [0.15, 0.2) is 12.6 Å². The van der Waals surface area contributed by atoms with Crippen molar-refractivity contribution in [1.29, 1.82) is 0 Å². The number of aliphatic hydroxyl groups is 7. The van der Waals surface area contributed by atoms with E-state index in [-0.39, 0.29) is 6.61 Å². The third-order valence-corrected chi connectivity index (χ3v) is 4.17. The van der Waals surface area contributed by atoms with E-state index in [0.29, 0.717) is 0 Å². The van der Waals surface area contributed by atoms with Crippen molar-refractivity contribution in [3.63, 3.8) is 0 Å². The molecule has 10 atom stereocenters. The summed E-state index contributed by atoms with van der Waals surface area (Å²) in [7, 11) is 1.24. The maximum absolute atomic E-state index is 9.91. The molecule has 0 bridgehead atoms. The molecule has 0 spiro atoms. The second-order valence-corrected chi connectivity index (χ2v) is 5.78. The molecule has 142 valence electrons. The van der Waals surface area contributed by atoms with Gasteiger partial charge in [0.1, 0.15) is 48.8 Å². The van der Waals surface area contributed by atoms with Crippen molar-refractivity contribution >= 4 is 0 Å². The Labute approximate surface area is 137 Å². The molecule has 2 rings (SSSR count). The minimum absolute atomic E-state index is 0.381. The average molecular weight is 356 g/mol. The molecule has 0 saturated carbocycles. The predicted molar refractivity (Wildman–Crippen MR) is 73.4 cm³/mol. The van der Waals surface area contributed by atoms with Gasteiger partial charge in [-0.1, -0.05) is 0 Å². The van der Waals surface area contributed by atoms with Crippen LogP contribution in [0.25, 0.3) is 0 Å². The summed E-state index contributed by atoms with van der Waals surface area (Å²) < 4.78 is 20.5. The lowest BCUT2D eigenvalue weighted by molar-refractivity contribution is -0.328. The summed E-state index contributed by atoms with van der Waals surface area (Å²) in [6, 6.07) is 0. The summed E-state index contributed by atoms with van der Waals surface area (Å²) in [4.78, 5) is 0. The second kappa shape index (κ2) is 8.29. The van der Waals surface area contributed by atoms with Crippen LogP contribution < -0.4 is 0 Å². The first-order valence-corrected chi connectivity index (χ1v) is 7.46. The van der Waals surface area contributed by atoms with Crippen molar-refractivity contribution in [2.45, 2.75) is 61.4 Å². The molecule has 2 aliphatic heterocycles. The molecule has 7 N–H and O–H groups in total. The Bertz CT molecular complexity index is 356. The Morgan fingerprint density at radius 1 is 0.708 bits per heavy atom. The monoisotopic (exact) mass is 356 g/mol. The van der Waals surface area contributed by atoms with E-state index in [9.17, 15) is 30.6 Å². The molecule has 11 nitrogen and oxygen atoms in total. The predicted octanol–water partition coefficient (Wildman–Crippen LogP) is -4.74. The lowest BCUT2D eigenvalue weighted by Gasteiger charge is -2.42. The van der Waals surface area contributed by atoms with Gasteiger partial charge in [-0.25, -0.2) is 0 Å². The maximum atomic E-state index is 9.91. The highest BCUT2D eigenvalue weighted by Crippen LogP contribution is 2.25. The highest BCUT2D eigenvalue weighted by Gasteiger charge is 2.47. The lowest BCUT2D eigenvalue weighted by Crippen LogP contribution is -2.61. The highest BCUT2D eigenvalue weighted by atomic mass is 16.7. The van der Waals surface area contributed by atoms with Crippen LogP contribution >= 0.6 is 0 Å². The maximum Gasteiger partial charge on any atom is 0.186 e. The van der Waals surface area contributed by atoms with Gasteiger partial charge in [-0.2, -0.15) is 0 Å². The second-order valence-electron chi connectivity index (χ2n) is 5.78. The topological polar surface area (TPSA) is 179 Å². The number of hydrogen-bond donors (Lipinski definition) is 7. The van der Waals surface area contributed by atoms with Crippen LogP contribution in [-0.2, 0) is 18.9 Å². The van der Waals surface area contributed by atoms with E-state index in [1.165, 1.54) is 7.11 Å². The summed E-state index contributed by atoms with van der Waals surface area (Å²) in [6.45, 7) is -0.989. The van der Waals surface area contributed by atoms with Crippen LogP contribution in [0.1, 0.15) is 0 Å². The smallest absolute Gasteiger partial charge is 0.186 e. The van der Waals surface area contributed by atoms with Crippen LogP contribution in [0.5, 0.6) is 0 Å². The summed E-state index contributed by atoms with van der Waals surface area (Å²) in [5.41, 5.74) is 0. The fraction of sp³-hybridized carbons (Fsp3) is 1.00. The SMILES string of the molecule is CO[C@H]1O[C@H](CO[C@H]2O[C@H](CO)[C@@H](O)[C@H](O)[C@@H]2O)[C@@H](O)[C@H](O)[C@@H]1O. The molecule has 2 heterocycles. The molecule has 2 saturated heterocycles. The van der Waals surface area contributed by atoms with Crippen LogP contribution in [0.2, 0.25) is 0 Å². The van der Waals surface area contributed by atoms with Crippen molar-refractivity contribution in [3.05, 3.63) is 0 Å². The molecule has 0 radical (unpaired) electrons. The minimum Gasteiger partial charge on any atom is -0.394 e. The molecule has 24 heavy (non-hydrogen) atoms. The molecule has 2 aliphatic rings. The first-order chi connectivity index (χ1) is 11.3. The zero-order valence-corrected chi connectivity index (χ0v) is 13.0. The standard InChI is InChI=1S/C13H24O11/c1-21-12-10(19)9(18)7(16)5(24-12)3-22-13-11(20)8(17)6(15)4(2-14)23-13/h4-20H,2-3H2,1H3/t4-,5-,6-,7-,8+,9+,10+,11+,12+,13+/m1/s1. The zero-order chi connectivity index (χ0) is 18.0. The molecule has 11 heteroatoms. The van der Waals surface area contributed by atoms with Crippen molar-refractivity contribution in [3.8, 4) is 0 Å². The van der Waals surface area contributed by atoms with Gasteiger partial charge in [0, 0.05) is 7.11 Å².